The minimum Gasteiger partial charge on any atom is -0.472 e. The van der Waals surface area contributed by atoms with Gasteiger partial charge in [0.1, 0.15) is 6.10 Å². The molecule has 1 fully saturated rings. The van der Waals surface area contributed by atoms with Crippen LogP contribution in [-0.2, 0) is 15.4 Å². The first-order valence-corrected chi connectivity index (χ1v) is 10.3. The van der Waals surface area contributed by atoms with Gasteiger partial charge in [0, 0.05) is 18.8 Å². The molecule has 0 saturated carbocycles. The Labute approximate surface area is 155 Å². The topological polar surface area (TPSA) is 72.4 Å². The predicted octanol–water partition coefficient (Wildman–Crippen LogP) is 3.01. The van der Waals surface area contributed by atoms with Crippen LogP contribution in [0.15, 0.2) is 47.5 Å². The average Bonchev–Trinajstić information content (AvgIpc) is 2.62. The van der Waals surface area contributed by atoms with Crippen LogP contribution in [-0.4, -0.2) is 42.1 Å². The second kappa shape index (κ2) is 7.32. The first-order valence-electron chi connectivity index (χ1n) is 8.82. The van der Waals surface area contributed by atoms with Crippen molar-refractivity contribution in [3.63, 3.8) is 0 Å². The van der Waals surface area contributed by atoms with Crippen molar-refractivity contribution in [2.24, 2.45) is 0 Å². The second-order valence-electron chi connectivity index (χ2n) is 7.58. The molecule has 1 aromatic heterocycles. The van der Waals surface area contributed by atoms with Crippen molar-refractivity contribution in [1.82, 2.24) is 14.5 Å². The Morgan fingerprint density at radius 2 is 1.88 bits per heavy atom. The van der Waals surface area contributed by atoms with Gasteiger partial charge in [0.05, 0.1) is 11.4 Å². The van der Waals surface area contributed by atoms with Crippen LogP contribution in [0.4, 0.5) is 0 Å². The largest absolute Gasteiger partial charge is 0.472 e. The van der Waals surface area contributed by atoms with Crippen LogP contribution in [0.5, 0.6) is 5.88 Å². The molecule has 1 aliphatic rings. The van der Waals surface area contributed by atoms with E-state index in [0.717, 1.165) is 18.4 Å². The maximum Gasteiger partial charge on any atom is 0.243 e. The van der Waals surface area contributed by atoms with Gasteiger partial charge < -0.3 is 4.74 Å². The number of ether oxygens (including phenoxy) is 1. The van der Waals surface area contributed by atoms with Crippen LogP contribution in [0.2, 0.25) is 0 Å². The highest BCUT2D eigenvalue weighted by Crippen LogP contribution is 2.26. The molecule has 0 bridgehead atoms. The molecule has 6 nitrogen and oxygen atoms in total. The third-order valence-electron chi connectivity index (χ3n) is 4.53. The summed E-state index contributed by atoms with van der Waals surface area (Å²) in [6.45, 7) is 7.14. The van der Waals surface area contributed by atoms with Gasteiger partial charge in [0.25, 0.3) is 0 Å². The molecule has 0 aliphatic carbocycles. The Morgan fingerprint density at radius 3 is 2.50 bits per heavy atom. The number of rotatable bonds is 4. The fraction of sp³-hybridized carbons (Fsp3) is 0.474. The molecule has 0 N–H and O–H groups in total. The summed E-state index contributed by atoms with van der Waals surface area (Å²) in [5.41, 5.74) is 1.10. The van der Waals surface area contributed by atoms with E-state index in [9.17, 15) is 8.42 Å². The monoisotopic (exact) mass is 375 g/mol. The number of hydrogen-bond acceptors (Lipinski definition) is 5. The quantitative estimate of drug-likeness (QED) is 0.821. The molecule has 0 radical (unpaired) electrons. The molecule has 1 unspecified atom stereocenters. The number of piperidine rings is 1. The van der Waals surface area contributed by atoms with Crippen LogP contribution in [0.25, 0.3) is 0 Å². The van der Waals surface area contributed by atoms with Gasteiger partial charge in [-0.3, -0.25) is 0 Å². The van der Waals surface area contributed by atoms with E-state index in [0.29, 0.717) is 23.9 Å². The molecular formula is C19H25N3O3S. The summed E-state index contributed by atoms with van der Waals surface area (Å²) in [5.74, 6) is 0.422. The average molecular weight is 375 g/mol. The Morgan fingerprint density at radius 1 is 1.15 bits per heavy atom. The van der Waals surface area contributed by atoms with Crippen molar-refractivity contribution < 1.29 is 13.2 Å². The van der Waals surface area contributed by atoms with Gasteiger partial charge in [0.2, 0.25) is 15.9 Å². The lowest BCUT2D eigenvalue weighted by molar-refractivity contribution is 0.123. The van der Waals surface area contributed by atoms with Gasteiger partial charge in [-0.05, 0) is 42.0 Å². The Kier molecular flexibility index (Phi) is 5.29. The highest BCUT2D eigenvalue weighted by atomic mass is 32.2. The predicted molar refractivity (Wildman–Crippen MR) is 99.6 cm³/mol. The normalized spacial score (nSPS) is 19.3. The van der Waals surface area contributed by atoms with E-state index in [1.165, 1.54) is 4.31 Å². The van der Waals surface area contributed by atoms with Crippen molar-refractivity contribution >= 4 is 10.0 Å². The Hall–Kier alpha value is -1.99. The number of hydrogen-bond donors (Lipinski definition) is 0. The number of nitrogens with zero attached hydrogens (tertiary/aromatic N) is 3. The fourth-order valence-corrected chi connectivity index (χ4v) is 4.53. The molecule has 2 heterocycles. The molecule has 26 heavy (non-hydrogen) atoms. The molecule has 0 spiro atoms. The number of aromatic nitrogens is 2. The SMILES string of the molecule is CC(C)(C)c1ccc(S(=O)(=O)N2CCCC(Oc3cccnn3)C2)cc1. The van der Waals surface area contributed by atoms with Crippen molar-refractivity contribution in [2.45, 2.75) is 50.0 Å². The maximum absolute atomic E-state index is 13.0. The summed E-state index contributed by atoms with van der Waals surface area (Å²) in [6.07, 6.45) is 2.91. The minimum atomic E-state index is -3.53. The van der Waals surface area contributed by atoms with Crippen LogP contribution in [0, 0.1) is 0 Å². The van der Waals surface area contributed by atoms with Crippen LogP contribution in [0.3, 0.4) is 0 Å². The summed E-state index contributed by atoms with van der Waals surface area (Å²) in [7, 11) is -3.53. The zero-order valence-electron chi connectivity index (χ0n) is 15.4. The lowest BCUT2D eigenvalue weighted by atomic mass is 9.87. The third-order valence-corrected chi connectivity index (χ3v) is 6.41. The molecule has 2 aromatic rings. The summed E-state index contributed by atoms with van der Waals surface area (Å²) < 4.78 is 33.3. The van der Waals surface area contributed by atoms with Gasteiger partial charge in [-0.15, -0.1) is 5.10 Å². The molecule has 1 aromatic carbocycles. The Bertz CT molecular complexity index is 831. The minimum absolute atomic E-state index is 0.0108. The van der Waals surface area contributed by atoms with Crippen LogP contribution < -0.4 is 4.74 Å². The van der Waals surface area contributed by atoms with E-state index < -0.39 is 10.0 Å². The van der Waals surface area contributed by atoms with Crippen LogP contribution in [0.1, 0.15) is 39.2 Å². The highest BCUT2D eigenvalue weighted by Gasteiger charge is 2.31. The molecule has 3 rings (SSSR count). The second-order valence-corrected chi connectivity index (χ2v) is 9.52. The first kappa shape index (κ1) is 18.8. The van der Waals surface area contributed by atoms with Gasteiger partial charge in [0.15, 0.2) is 0 Å². The zero-order chi connectivity index (χ0) is 18.8. The summed E-state index contributed by atoms with van der Waals surface area (Å²) in [5, 5.41) is 7.70. The number of sulfonamides is 1. The molecular weight excluding hydrogens is 350 g/mol. The maximum atomic E-state index is 13.0. The molecule has 140 valence electrons. The lowest BCUT2D eigenvalue weighted by Crippen LogP contribution is -2.44. The zero-order valence-corrected chi connectivity index (χ0v) is 16.2. The van der Waals surface area contributed by atoms with E-state index in [1.807, 2.05) is 12.1 Å². The van der Waals surface area contributed by atoms with Crippen molar-refractivity contribution in [2.75, 3.05) is 13.1 Å². The van der Waals surface area contributed by atoms with E-state index in [-0.39, 0.29) is 11.5 Å². The standard InChI is InChI=1S/C19H25N3O3S/c1-19(2,3)15-8-10-17(11-9-15)26(23,24)22-13-5-6-16(14-22)25-18-7-4-12-20-21-18/h4,7-12,16H,5-6,13-14H2,1-3H3. The molecule has 1 saturated heterocycles. The Balaban J connectivity index is 1.74. The van der Waals surface area contributed by atoms with Crippen molar-refractivity contribution in [3.8, 4) is 5.88 Å². The smallest absolute Gasteiger partial charge is 0.243 e. The van der Waals surface area contributed by atoms with E-state index in [1.54, 1.807) is 30.5 Å². The van der Waals surface area contributed by atoms with E-state index >= 15 is 0 Å². The summed E-state index contributed by atoms with van der Waals surface area (Å²) in [6, 6.07) is 10.7. The van der Waals surface area contributed by atoms with Gasteiger partial charge in [-0.2, -0.15) is 9.40 Å². The van der Waals surface area contributed by atoms with Gasteiger partial charge in [-0.25, -0.2) is 8.42 Å². The summed E-state index contributed by atoms with van der Waals surface area (Å²) in [4.78, 5) is 0.325. The van der Waals surface area contributed by atoms with Gasteiger partial charge >= 0.3 is 0 Å². The molecule has 7 heteroatoms. The highest BCUT2D eigenvalue weighted by molar-refractivity contribution is 7.89. The first-order chi connectivity index (χ1) is 12.3. The van der Waals surface area contributed by atoms with Gasteiger partial charge in [-0.1, -0.05) is 32.9 Å². The molecule has 0 amide bonds. The fourth-order valence-electron chi connectivity index (χ4n) is 3.02. The summed E-state index contributed by atoms with van der Waals surface area (Å²) >= 11 is 0. The molecule has 1 aliphatic heterocycles. The lowest BCUT2D eigenvalue weighted by Gasteiger charge is -2.31. The van der Waals surface area contributed by atoms with Crippen molar-refractivity contribution in [1.29, 1.82) is 0 Å². The van der Waals surface area contributed by atoms with E-state index in [4.69, 9.17) is 4.74 Å². The number of benzene rings is 1. The molecule has 1 atom stereocenters. The van der Waals surface area contributed by atoms with Crippen LogP contribution >= 0.6 is 0 Å². The van der Waals surface area contributed by atoms with Crippen molar-refractivity contribution in [3.05, 3.63) is 48.2 Å². The third kappa shape index (κ3) is 4.22. The van der Waals surface area contributed by atoms with E-state index in [2.05, 4.69) is 31.0 Å².